The predicted octanol–water partition coefficient (Wildman–Crippen LogP) is 5.45. The lowest BCUT2D eigenvalue weighted by Gasteiger charge is -2.18. The van der Waals surface area contributed by atoms with Gasteiger partial charge in [-0.1, -0.05) is 35.5 Å². The van der Waals surface area contributed by atoms with E-state index in [1.165, 1.54) is 47.4 Å². The molecular formula is C25H16ClFN4O4S. The van der Waals surface area contributed by atoms with Crippen molar-refractivity contribution in [3.63, 3.8) is 0 Å². The molecule has 1 unspecified atom stereocenters. The number of halogens is 2. The van der Waals surface area contributed by atoms with Crippen LogP contribution in [0.3, 0.4) is 0 Å². The van der Waals surface area contributed by atoms with Gasteiger partial charge >= 0.3 is 0 Å². The zero-order valence-electron chi connectivity index (χ0n) is 18.4. The molecule has 180 valence electrons. The Morgan fingerprint density at radius 1 is 1.17 bits per heavy atom. The number of non-ortho nitro benzene ring substituents is 1. The standard InChI is InChI=1S/C25H16ClFN4O4S/c26-16-4-8-18(9-5-16)29-23(32)21(14-28)25-30(19-10-6-17(27)7-11-19)24(33)22(36-25)13-15-2-1-3-20(12-15)31(34)35/h1-12,22H,13H2,(H,29,32)/b25-21-. The molecule has 8 nitrogen and oxygen atoms in total. The molecule has 1 atom stereocenters. The number of nitrogens with zero attached hydrogens (tertiary/aromatic N) is 3. The molecule has 1 saturated heterocycles. The smallest absolute Gasteiger partial charge is 0.269 e. The molecular weight excluding hydrogens is 507 g/mol. The number of hydrogen-bond donors (Lipinski definition) is 1. The second-order valence-corrected chi connectivity index (χ2v) is 9.27. The highest BCUT2D eigenvalue weighted by molar-refractivity contribution is 8.05. The third-order valence-corrected chi connectivity index (χ3v) is 6.75. The summed E-state index contributed by atoms with van der Waals surface area (Å²) in [4.78, 5) is 38.3. The fraction of sp³-hybridized carbons (Fsp3) is 0.0800. The molecule has 0 saturated carbocycles. The molecule has 3 aromatic rings. The molecule has 0 spiro atoms. The molecule has 1 aliphatic heterocycles. The van der Waals surface area contributed by atoms with Crippen LogP contribution in [0.15, 0.2) is 83.4 Å². The number of nitro benzene ring substituents is 1. The van der Waals surface area contributed by atoms with Gasteiger partial charge in [0.1, 0.15) is 22.5 Å². The van der Waals surface area contributed by atoms with E-state index in [1.807, 2.05) is 6.07 Å². The van der Waals surface area contributed by atoms with E-state index in [0.717, 1.165) is 11.8 Å². The van der Waals surface area contributed by atoms with E-state index in [4.69, 9.17) is 11.6 Å². The van der Waals surface area contributed by atoms with Crippen LogP contribution in [0, 0.1) is 27.3 Å². The van der Waals surface area contributed by atoms with Crippen molar-refractivity contribution in [3.05, 3.63) is 110 Å². The van der Waals surface area contributed by atoms with Crippen LogP contribution in [0.25, 0.3) is 0 Å². The minimum Gasteiger partial charge on any atom is -0.321 e. The Morgan fingerprint density at radius 2 is 1.86 bits per heavy atom. The average Bonchev–Trinajstić information content (AvgIpc) is 3.17. The second kappa shape index (κ2) is 10.6. The minimum atomic E-state index is -0.779. The summed E-state index contributed by atoms with van der Waals surface area (Å²) in [6, 6.07) is 19.1. The Morgan fingerprint density at radius 3 is 2.50 bits per heavy atom. The van der Waals surface area contributed by atoms with Gasteiger partial charge in [-0.05, 0) is 60.5 Å². The summed E-state index contributed by atoms with van der Waals surface area (Å²) < 4.78 is 13.6. The van der Waals surface area contributed by atoms with Crippen molar-refractivity contribution >= 4 is 52.2 Å². The van der Waals surface area contributed by atoms with Gasteiger partial charge < -0.3 is 5.32 Å². The van der Waals surface area contributed by atoms with Crippen LogP contribution in [-0.2, 0) is 16.0 Å². The first kappa shape index (κ1) is 24.9. The summed E-state index contributed by atoms with van der Waals surface area (Å²) in [5.41, 5.74) is 0.786. The van der Waals surface area contributed by atoms with E-state index >= 15 is 0 Å². The van der Waals surface area contributed by atoms with Crippen LogP contribution in [0.2, 0.25) is 5.02 Å². The van der Waals surface area contributed by atoms with Gasteiger partial charge in [0.25, 0.3) is 11.6 Å². The van der Waals surface area contributed by atoms with Gasteiger partial charge in [0.05, 0.1) is 10.2 Å². The van der Waals surface area contributed by atoms with Crippen LogP contribution in [-0.4, -0.2) is 22.0 Å². The van der Waals surface area contributed by atoms with Gasteiger partial charge in [-0.15, -0.1) is 0 Å². The Kier molecular flexibility index (Phi) is 7.33. The highest BCUT2D eigenvalue weighted by atomic mass is 35.5. The highest BCUT2D eigenvalue weighted by Crippen LogP contribution is 2.42. The molecule has 0 aromatic heterocycles. The summed E-state index contributed by atoms with van der Waals surface area (Å²) >= 11 is 6.88. The first-order valence-corrected chi connectivity index (χ1v) is 11.7. The Labute approximate surface area is 214 Å². The zero-order valence-corrected chi connectivity index (χ0v) is 19.9. The molecule has 36 heavy (non-hydrogen) atoms. The first-order valence-electron chi connectivity index (χ1n) is 10.5. The number of nitrogens with one attached hydrogen (secondary N) is 1. The summed E-state index contributed by atoms with van der Waals surface area (Å²) in [7, 11) is 0. The number of anilines is 2. The number of carbonyl (C=O) groups is 2. The maximum Gasteiger partial charge on any atom is 0.269 e. The van der Waals surface area contributed by atoms with Gasteiger partial charge in [-0.2, -0.15) is 5.26 Å². The second-order valence-electron chi connectivity index (χ2n) is 7.64. The van der Waals surface area contributed by atoms with Gasteiger partial charge in [0.2, 0.25) is 5.91 Å². The molecule has 4 rings (SSSR count). The first-order chi connectivity index (χ1) is 17.3. The molecule has 0 aliphatic carbocycles. The van der Waals surface area contributed by atoms with Crippen molar-refractivity contribution < 1.29 is 18.9 Å². The van der Waals surface area contributed by atoms with Crippen LogP contribution >= 0.6 is 23.4 Å². The van der Waals surface area contributed by atoms with Gasteiger partial charge in [-0.3, -0.25) is 24.6 Å². The molecule has 1 fully saturated rings. The third kappa shape index (κ3) is 5.38. The van der Waals surface area contributed by atoms with E-state index in [9.17, 15) is 29.4 Å². The lowest BCUT2D eigenvalue weighted by atomic mass is 10.1. The molecule has 0 radical (unpaired) electrons. The third-order valence-electron chi connectivity index (χ3n) is 5.23. The Hall–Kier alpha value is -4.20. The van der Waals surface area contributed by atoms with E-state index < -0.39 is 27.8 Å². The summed E-state index contributed by atoms with van der Waals surface area (Å²) in [5, 5.41) is 23.4. The number of benzene rings is 3. The van der Waals surface area contributed by atoms with E-state index in [0.29, 0.717) is 16.3 Å². The summed E-state index contributed by atoms with van der Waals surface area (Å²) in [5.74, 6) is -1.70. The molecule has 1 N–H and O–H groups in total. The van der Waals surface area contributed by atoms with Crippen LogP contribution in [0.5, 0.6) is 0 Å². The van der Waals surface area contributed by atoms with E-state index in [2.05, 4.69) is 5.32 Å². The van der Waals surface area contributed by atoms with Crippen LogP contribution < -0.4 is 10.2 Å². The van der Waals surface area contributed by atoms with Gasteiger partial charge in [0, 0.05) is 28.5 Å². The fourth-order valence-corrected chi connectivity index (χ4v) is 4.98. The number of rotatable bonds is 6. The molecule has 3 aromatic carbocycles. The summed E-state index contributed by atoms with van der Waals surface area (Å²) in [6.45, 7) is 0. The van der Waals surface area contributed by atoms with Crippen molar-refractivity contribution in [1.29, 1.82) is 5.26 Å². The van der Waals surface area contributed by atoms with Gasteiger partial charge in [0.15, 0.2) is 0 Å². The Bertz CT molecular complexity index is 1420. The van der Waals surface area contributed by atoms with Crippen LogP contribution in [0.1, 0.15) is 5.56 Å². The van der Waals surface area contributed by atoms with E-state index in [-0.39, 0.29) is 28.4 Å². The van der Waals surface area contributed by atoms with Crippen molar-refractivity contribution in [2.24, 2.45) is 0 Å². The molecule has 1 aliphatic rings. The van der Waals surface area contributed by atoms with Crippen molar-refractivity contribution in [3.8, 4) is 6.07 Å². The molecule has 1 heterocycles. The molecule has 0 bridgehead atoms. The largest absolute Gasteiger partial charge is 0.321 e. The lowest BCUT2D eigenvalue weighted by Crippen LogP contribution is -2.31. The number of amides is 2. The van der Waals surface area contributed by atoms with Crippen molar-refractivity contribution in [2.75, 3.05) is 10.2 Å². The maximum absolute atomic E-state index is 13.6. The monoisotopic (exact) mass is 522 g/mol. The number of nitriles is 1. The van der Waals surface area contributed by atoms with E-state index in [1.54, 1.807) is 30.3 Å². The Balaban J connectivity index is 1.72. The average molecular weight is 523 g/mol. The minimum absolute atomic E-state index is 0.0796. The normalized spacial score (nSPS) is 16.4. The predicted molar refractivity (Wildman–Crippen MR) is 135 cm³/mol. The number of carbonyl (C=O) groups excluding carboxylic acids is 2. The number of thioether (sulfide) groups is 1. The SMILES string of the molecule is N#C/C(C(=O)Nc1ccc(Cl)cc1)=C1/SC(Cc2cccc([N+](=O)[O-])c2)C(=O)N1c1ccc(F)cc1. The fourth-order valence-electron chi connectivity index (χ4n) is 3.55. The molecule has 11 heteroatoms. The topological polar surface area (TPSA) is 116 Å². The van der Waals surface area contributed by atoms with Crippen molar-refractivity contribution in [2.45, 2.75) is 11.7 Å². The zero-order chi connectivity index (χ0) is 25.8. The van der Waals surface area contributed by atoms with Gasteiger partial charge in [-0.25, -0.2) is 4.39 Å². The number of nitro groups is 1. The number of hydrogen-bond acceptors (Lipinski definition) is 6. The lowest BCUT2D eigenvalue weighted by molar-refractivity contribution is -0.384. The highest BCUT2D eigenvalue weighted by Gasteiger charge is 2.41. The quantitative estimate of drug-likeness (QED) is 0.199. The summed E-state index contributed by atoms with van der Waals surface area (Å²) in [6.07, 6.45) is 0.115. The van der Waals surface area contributed by atoms with Crippen molar-refractivity contribution in [1.82, 2.24) is 0 Å². The molecule has 2 amide bonds. The van der Waals surface area contributed by atoms with Crippen LogP contribution in [0.4, 0.5) is 21.5 Å². The maximum atomic E-state index is 13.6.